The third-order valence-corrected chi connectivity index (χ3v) is 8.22. The summed E-state index contributed by atoms with van der Waals surface area (Å²) in [7, 11) is 0. The minimum atomic E-state index is -1.12. The van der Waals surface area contributed by atoms with E-state index in [1.807, 2.05) is 26.2 Å². The fraction of sp³-hybridized carbons (Fsp3) is 0.429. The van der Waals surface area contributed by atoms with Crippen molar-refractivity contribution in [2.75, 3.05) is 13.2 Å². The molecule has 1 aliphatic heterocycles. The molecule has 37 heavy (non-hydrogen) atoms. The normalized spacial score (nSPS) is 16.2. The molecule has 1 atom stereocenters. The average Bonchev–Trinajstić information content (AvgIpc) is 3.54. The van der Waals surface area contributed by atoms with Crippen LogP contribution in [0.2, 0.25) is 0 Å². The molecule has 1 fully saturated rings. The van der Waals surface area contributed by atoms with Crippen molar-refractivity contribution >= 4 is 32.8 Å². The van der Waals surface area contributed by atoms with Gasteiger partial charge in [-0.2, -0.15) is 4.37 Å². The maximum Gasteiger partial charge on any atom is 0.141 e. The number of ether oxygens (including phenoxy) is 1. The third kappa shape index (κ3) is 4.05. The molecule has 0 amide bonds. The van der Waals surface area contributed by atoms with E-state index in [1.54, 1.807) is 13.8 Å². The Labute approximate surface area is 219 Å². The Kier molecular flexibility index (Phi) is 5.89. The molecule has 0 radical (unpaired) electrons. The molecule has 1 saturated heterocycles. The first-order valence-corrected chi connectivity index (χ1v) is 13.5. The van der Waals surface area contributed by atoms with Gasteiger partial charge >= 0.3 is 0 Å². The minimum absolute atomic E-state index is 0.0660. The molecule has 192 valence electrons. The van der Waals surface area contributed by atoms with Gasteiger partial charge in [-0.05, 0) is 82.6 Å². The third-order valence-electron chi connectivity index (χ3n) is 7.38. The van der Waals surface area contributed by atoms with E-state index < -0.39 is 5.60 Å². The molecule has 8 nitrogen and oxygen atoms in total. The van der Waals surface area contributed by atoms with Crippen LogP contribution in [-0.2, 0) is 10.3 Å². The van der Waals surface area contributed by atoms with Gasteiger partial charge in [0.1, 0.15) is 22.6 Å². The Hall–Kier alpha value is -3.14. The monoisotopic (exact) mass is 517 g/mol. The van der Waals surface area contributed by atoms with Crippen LogP contribution in [0.3, 0.4) is 0 Å². The molecule has 1 unspecified atom stereocenters. The van der Waals surface area contributed by atoms with Gasteiger partial charge in [-0.3, -0.25) is 9.97 Å². The van der Waals surface area contributed by atoms with Gasteiger partial charge in [-0.1, -0.05) is 11.2 Å². The highest BCUT2D eigenvalue weighted by atomic mass is 32.1. The lowest BCUT2D eigenvalue weighted by atomic mass is 9.88. The predicted molar refractivity (Wildman–Crippen MR) is 144 cm³/mol. The van der Waals surface area contributed by atoms with Crippen molar-refractivity contribution in [2.24, 2.45) is 5.92 Å². The summed E-state index contributed by atoms with van der Waals surface area (Å²) < 4.78 is 19.3. The number of fused-ring (bicyclic) bond motifs is 3. The summed E-state index contributed by atoms with van der Waals surface area (Å²) in [5, 5.41) is 15.3. The molecule has 0 spiro atoms. The first-order chi connectivity index (χ1) is 17.7. The van der Waals surface area contributed by atoms with Crippen molar-refractivity contribution in [1.29, 1.82) is 0 Å². The smallest absolute Gasteiger partial charge is 0.141 e. The standard InChI is InChI=1S/C28H31N5O3S/c1-15-6-7-20(29-13-15)24(18-8-10-35-11-9-18)33-21-12-19(22-16(2)31-36-17(22)3)14-30-23(21)26-25(33)27(32-37-26)28(4,5)34/h6-7,12-14,18,24,34H,8-11H2,1-5H3. The maximum atomic E-state index is 11.2. The highest BCUT2D eigenvalue weighted by molar-refractivity contribution is 7.14. The Balaban J connectivity index is 1.70. The van der Waals surface area contributed by atoms with Gasteiger partial charge in [0.2, 0.25) is 0 Å². The summed E-state index contributed by atoms with van der Waals surface area (Å²) in [4.78, 5) is 9.87. The topological polar surface area (TPSA) is 99.1 Å². The zero-order chi connectivity index (χ0) is 25.9. The molecule has 5 aromatic heterocycles. The quantitative estimate of drug-likeness (QED) is 0.311. The second-order valence-corrected chi connectivity index (χ2v) is 11.4. The Morgan fingerprint density at radius 1 is 1.11 bits per heavy atom. The van der Waals surface area contributed by atoms with Crippen LogP contribution in [0.1, 0.15) is 61.1 Å². The molecule has 0 saturated carbocycles. The molecule has 0 bridgehead atoms. The fourth-order valence-electron chi connectivity index (χ4n) is 5.59. The second kappa shape index (κ2) is 9.01. The zero-order valence-electron chi connectivity index (χ0n) is 21.8. The lowest BCUT2D eigenvalue weighted by Gasteiger charge is -2.32. The summed E-state index contributed by atoms with van der Waals surface area (Å²) in [6.45, 7) is 11.0. The molecule has 1 N–H and O–H groups in total. The van der Waals surface area contributed by atoms with Gasteiger partial charge in [-0.15, -0.1) is 0 Å². The minimum Gasteiger partial charge on any atom is -0.384 e. The molecule has 9 heteroatoms. The summed E-state index contributed by atoms with van der Waals surface area (Å²) in [5.41, 5.74) is 7.20. The van der Waals surface area contributed by atoms with E-state index in [0.29, 0.717) is 11.6 Å². The van der Waals surface area contributed by atoms with Crippen LogP contribution in [0.15, 0.2) is 35.1 Å². The van der Waals surface area contributed by atoms with Crippen LogP contribution in [0.5, 0.6) is 0 Å². The van der Waals surface area contributed by atoms with Crippen molar-refractivity contribution in [3.8, 4) is 11.1 Å². The van der Waals surface area contributed by atoms with Crippen molar-refractivity contribution < 1.29 is 14.4 Å². The van der Waals surface area contributed by atoms with Gasteiger partial charge in [-0.25, -0.2) is 0 Å². The van der Waals surface area contributed by atoms with Gasteiger partial charge in [0, 0.05) is 36.7 Å². The van der Waals surface area contributed by atoms with E-state index in [2.05, 4.69) is 34.8 Å². The number of nitrogens with zero attached hydrogens (tertiary/aromatic N) is 5. The van der Waals surface area contributed by atoms with Crippen LogP contribution in [0, 0.1) is 26.7 Å². The summed E-state index contributed by atoms with van der Waals surface area (Å²) in [6.07, 6.45) is 5.66. The molecular weight excluding hydrogens is 486 g/mol. The maximum absolute atomic E-state index is 11.2. The highest BCUT2D eigenvalue weighted by Gasteiger charge is 2.35. The van der Waals surface area contributed by atoms with Gasteiger partial charge in [0.05, 0.1) is 33.2 Å². The van der Waals surface area contributed by atoms with Crippen molar-refractivity contribution in [3.63, 3.8) is 0 Å². The molecule has 0 aliphatic carbocycles. The van der Waals surface area contributed by atoms with Gasteiger partial charge in [0.15, 0.2) is 0 Å². The zero-order valence-corrected chi connectivity index (χ0v) is 22.6. The first-order valence-electron chi connectivity index (χ1n) is 12.7. The first kappa shape index (κ1) is 24.2. The Morgan fingerprint density at radius 3 is 2.54 bits per heavy atom. The van der Waals surface area contributed by atoms with E-state index in [9.17, 15) is 5.11 Å². The number of aliphatic hydroxyl groups is 1. The summed E-state index contributed by atoms with van der Waals surface area (Å²) in [5.74, 6) is 1.07. The lowest BCUT2D eigenvalue weighted by molar-refractivity contribution is 0.0543. The number of rotatable bonds is 5. The number of hydrogen-bond acceptors (Lipinski definition) is 8. The van der Waals surface area contributed by atoms with Crippen molar-refractivity contribution in [3.05, 3.63) is 59.0 Å². The molecule has 0 aromatic carbocycles. The average molecular weight is 518 g/mol. The second-order valence-electron chi connectivity index (χ2n) is 10.6. The largest absolute Gasteiger partial charge is 0.384 e. The molecule has 6 heterocycles. The van der Waals surface area contributed by atoms with Crippen LogP contribution in [0.25, 0.3) is 32.4 Å². The summed E-state index contributed by atoms with van der Waals surface area (Å²) in [6, 6.07) is 6.36. The molecule has 1 aliphatic rings. The van der Waals surface area contributed by atoms with Crippen molar-refractivity contribution in [1.82, 2.24) is 24.1 Å². The highest BCUT2D eigenvalue weighted by Crippen LogP contribution is 2.44. The SMILES string of the molecule is Cc1ccc(C(C2CCOCC2)n2c3cc(-c4c(C)noc4C)cnc3c3snc(C(C)(C)O)c32)nc1. The number of pyridine rings is 2. The van der Waals surface area contributed by atoms with Crippen molar-refractivity contribution in [2.45, 2.75) is 59.1 Å². The van der Waals surface area contributed by atoms with E-state index in [0.717, 1.165) is 81.1 Å². The van der Waals surface area contributed by atoms with Crippen LogP contribution < -0.4 is 0 Å². The number of aryl methyl sites for hydroxylation is 3. The van der Waals surface area contributed by atoms with Crippen LogP contribution in [0.4, 0.5) is 0 Å². The van der Waals surface area contributed by atoms with E-state index in [-0.39, 0.29) is 6.04 Å². The molecular formula is C28H31N5O3S. The number of aromatic nitrogens is 5. The lowest BCUT2D eigenvalue weighted by Crippen LogP contribution is -2.28. The van der Waals surface area contributed by atoms with E-state index in [1.165, 1.54) is 11.5 Å². The van der Waals surface area contributed by atoms with Gasteiger partial charge < -0.3 is 18.9 Å². The fourth-order valence-corrected chi connectivity index (χ4v) is 6.61. The Bertz CT molecular complexity index is 1570. The predicted octanol–water partition coefficient (Wildman–Crippen LogP) is 5.86. The van der Waals surface area contributed by atoms with Crippen LogP contribution in [-0.4, -0.2) is 42.4 Å². The van der Waals surface area contributed by atoms with E-state index in [4.69, 9.17) is 23.6 Å². The molecule has 6 rings (SSSR count). The van der Waals surface area contributed by atoms with E-state index >= 15 is 0 Å². The van der Waals surface area contributed by atoms with Crippen LogP contribution >= 0.6 is 11.5 Å². The van der Waals surface area contributed by atoms with Gasteiger partial charge in [0.25, 0.3) is 0 Å². The molecule has 5 aromatic rings. The number of hydrogen-bond donors (Lipinski definition) is 1. The summed E-state index contributed by atoms with van der Waals surface area (Å²) >= 11 is 1.39. The Morgan fingerprint density at radius 2 is 1.89 bits per heavy atom.